The molecule has 0 unspecified atom stereocenters. The second-order valence-electron chi connectivity index (χ2n) is 8.37. The van der Waals surface area contributed by atoms with Crippen LogP contribution >= 0.6 is 0 Å². The molecule has 1 aromatic heterocycles. The van der Waals surface area contributed by atoms with Crippen LogP contribution in [-0.4, -0.2) is 61.8 Å². The molecule has 2 heterocycles. The van der Waals surface area contributed by atoms with Crippen molar-refractivity contribution in [1.82, 2.24) is 9.97 Å². The Hall–Kier alpha value is -2.89. The van der Waals surface area contributed by atoms with Gasteiger partial charge in [-0.05, 0) is 30.2 Å². The van der Waals surface area contributed by atoms with Crippen molar-refractivity contribution in [3.8, 4) is 11.3 Å². The molecular formula is C23H28FN3O6S. The first-order valence-electron chi connectivity index (χ1n) is 10.7. The van der Waals surface area contributed by atoms with E-state index in [1.165, 1.54) is 19.2 Å². The molecule has 2 aromatic rings. The molecule has 184 valence electrons. The first-order valence-corrected chi connectivity index (χ1v) is 12.6. The first kappa shape index (κ1) is 25.7. The maximum Gasteiger partial charge on any atom is 0.305 e. The Morgan fingerprint density at radius 3 is 2.53 bits per heavy atom. The predicted molar refractivity (Wildman–Crippen MR) is 125 cm³/mol. The van der Waals surface area contributed by atoms with Crippen LogP contribution in [0.2, 0.25) is 0 Å². The highest BCUT2D eigenvalue weighted by atomic mass is 32.2. The third kappa shape index (κ3) is 6.37. The molecule has 1 N–H and O–H groups in total. The number of carbonyl (C=O) groups is 1. The SMILES string of the molecule is CC(C)c1nc(N(C)S(C)(=O)=O)nc(-c2ccc(F)cc2)c1/C=C/[C@@H]1C[C@H](CC(=O)O)OCO1. The number of hydrogen-bond donors (Lipinski definition) is 1. The Morgan fingerprint density at radius 1 is 1.26 bits per heavy atom. The van der Waals surface area contributed by atoms with Gasteiger partial charge in [-0.15, -0.1) is 0 Å². The van der Waals surface area contributed by atoms with E-state index in [1.54, 1.807) is 24.3 Å². The number of ether oxygens (including phenoxy) is 2. The summed E-state index contributed by atoms with van der Waals surface area (Å²) in [4.78, 5) is 20.1. The minimum atomic E-state index is -3.61. The summed E-state index contributed by atoms with van der Waals surface area (Å²) < 4.78 is 49.8. The van der Waals surface area contributed by atoms with E-state index < -0.39 is 34.0 Å². The van der Waals surface area contributed by atoms with Gasteiger partial charge >= 0.3 is 5.97 Å². The molecule has 2 atom stereocenters. The van der Waals surface area contributed by atoms with Crippen LogP contribution in [-0.2, 0) is 24.3 Å². The topological polar surface area (TPSA) is 119 Å². The van der Waals surface area contributed by atoms with E-state index >= 15 is 0 Å². The van der Waals surface area contributed by atoms with E-state index in [1.807, 2.05) is 13.8 Å². The summed E-state index contributed by atoms with van der Waals surface area (Å²) in [5, 5.41) is 9.04. The number of carboxylic acids is 1. The van der Waals surface area contributed by atoms with Gasteiger partial charge in [0, 0.05) is 24.6 Å². The van der Waals surface area contributed by atoms with Gasteiger partial charge in [-0.25, -0.2) is 27.1 Å². The van der Waals surface area contributed by atoms with Crippen molar-refractivity contribution in [3.63, 3.8) is 0 Å². The van der Waals surface area contributed by atoms with Crippen molar-refractivity contribution in [2.45, 2.75) is 44.8 Å². The van der Waals surface area contributed by atoms with E-state index in [9.17, 15) is 17.6 Å². The lowest BCUT2D eigenvalue weighted by Crippen LogP contribution is -2.31. The van der Waals surface area contributed by atoms with Crippen molar-refractivity contribution in [3.05, 3.63) is 47.4 Å². The maximum atomic E-state index is 13.6. The third-order valence-corrected chi connectivity index (χ3v) is 6.53. The molecule has 1 fully saturated rings. The molecule has 1 aromatic carbocycles. The average Bonchev–Trinajstić information content (AvgIpc) is 2.76. The quantitative estimate of drug-likeness (QED) is 0.594. The molecule has 9 nitrogen and oxygen atoms in total. The van der Waals surface area contributed by atoms with Crippen LogP contribution in [0.15, 0.2) is 30.3 Å². The minimum Gasteiger partial charge on any atom is -0.481 e. The number of sulfonamides is 1. The molecule has 34 heavy (non-hydrogen) atoms. The summed E-state index contributed by atoms with van der Waals surface area (Å²) >= 11 is 0. The molecule has 0 radical (unpaired) electrons. The van der Waals surface area contributed by atoms with E-state index in [2.05, 4.69) is 9.97 Å². The van der Waals surface area contributed by atoms with Gasteiger partial charge in [-0.3, -0.25) is 4.79 Å². The average molecular weight is 494 g/mol. The van der Waals surface area contributed by atoms with Crippen LogP contribution in [0.25, 0.3) is 17.3 Å². The fourth-order valence-electron chi connectivity index (χ4n) is 3.49. The lowest BCUT2D eigenvalue weighted by Gasteiger charge is -2.27. The standard InChI is InChI=1S/C23H28FN3O6S/c1-14(2)21-19(10-9-17-11-18(12-20(28)29)33-13-32-17)22(15-5-7-16(24)8-6-15)26-23(25-21)27(3)34(4,30)31/h5-10,14,17-18H,11-13H2,1-4H3,(H,28,29)/b10-9+/t17-,18-/m1/s1. The van der Waals surface area contributed by atoms with Crippen molar-refractivity contribution in [1.29, 1.82) is 0 Å². The number of carboxylic acid groups (broad SMARTS) is 1. The van der Waals surface area contributed by atoms with Crippen LogP contribution in [0.5, 0.6) is 0 Å². The van der Waals surface area contributed by atoms with Crippen LogP contribution < -0.4 is 4.31 Å². The Balaban J connectivity index is 2.09. The third-order valence-electron chi connectivity index (χ3n) is 5.37. The van der Waals surface area contributed by atoms with E-state index in [0.717, 1.165) is 10.6 Å². The summed E-state index contributed by atoms with van der Waals surface area (Å²) in [5.41, 5.74) is 2.27. The molecule has 1 aliphatic heterocycles. The molecule has 0 aliphatic carbocycles. The number of halogens is 1. The van der Waals surface area contributed by atoms with Gasteiger partial charge in [0.1, 0.15) is 12.6 Å². The molecule has 11 heteroatoms. The zero-order valence-electron chi connectivity index (χ0n) is 19.4. The molecule has 0 saturated carbocycles. The monoisotopic (exact) mass is 493 g/mol. The Labute approximate surface area is 198 Å². The van der Waals surface area contributed by atoms with Gasteiger partial charge in [-0.1, -0.05) is 26.0 Å². The van der Waals surface area contributed by atoms with E-state index in [0.29, 0.717) is 28.9 Å². The number of rotatable bonds is 8. The highest BCUT2D eigenvalue weighted by Crippen LogP contribution is 2.32. The lowest BCUT2D eigenvalue weighted by molar-refractivity contribution is -0.171. The first-order chi connectivity index (χ1) is 16.0. The summed E-state index contributed by atoms with van der Waals surface area (Å²) in [6.07, 6.45) is 4.01. The Morgan fingerprint density at radius 2 is 1.94 bits per heavy atom. The van der Waals surface area contributed by atoms with Crippen LogP contribution in [0.4, 0.5) is 10.3 Å². The van der Waals surface area contributed by atoms with E-state index in [4.69, 9.17) is 14.6 Å². The largest absolute Gasteiger partial charge is 0.481 e. The van der Waals surface area contributed by atoms with Gasteiger partial charge < -0.3 is 14.6 Å². The number of aliphatic carboxylic acids is 1. The predicted octanol–water partition coefficient (Wildman–Crippen LogP) is 3.42. The number of aromatic nitrogens is 2. The van der Waals surface area contributed by atoms with Gasteiger partial charge in [0.15, 0.2) is 0 Å². The van der Waals surface area contributed by atoms with Gasteiger partial charge in [0.05, 0.1) is 36.3 Å². The van der Waals surface area contributed by atoms with Gasteiger partial charge in [-0.2, -0.15) is 0 Å². The molecular weight excluding hydrogens is 465 g/mol. The zero-order chi connectivity index (χ0) is 25.0. The van der Waals surface area contributed by atoms with Crippen molar-refractivity contribution in [2.24, 2.45) is 0 Å². The number of anilines is 1. The Kier molecular flexibility index (Phi) is 8.01. The highest BCUT2D eigenvalue weighted by Gasteiger charge is 2.25. The normalized spacial score (nSPS) is 19.0. The number of benzene rings is 1. The second-order valence-corrected chi connectivity index (χ2v) is 10.4. The lowest BCUT2D eigenvalue weighted by atomic mass is 9.97. The van der Waals surface area contributed by atoms with Gasteiger partial charge in [0.2, 0.25) is 16.0 Å². The molecule has 3 rings (SSSR count). The van der Waals surface area contributed by atoms with Crippen molar-refractivity contribution >= 4 is 28.0 Å². The van der Waals surface area contributed by atoms with E-state index in [-0.39, 0.29) is 25.1 Å². The summed E-state index contributed by atoms with van der Waals surface area (Å²) in [7, 11) is -2.24. The van der Waals surface area contributed by atoms with Crippen LogP contribution in [0, 0.1) is 5.82 Å². The summed E-state index contributed by atoms with van der Waals surface area (Å²) in [6.45, 7) is 3.82. The number of hydrogen-bond acceptors (Lipinski definition) is 7. The fourth-order valence-corrected chi connectivity index (χ4v) is 3.87. The van der Waals surface area contributed by atoms with Crippen molar-refractivity contribution < 1.29 is 32.2 Å². The Bertz CT molecular complexity index is 1170. The van der Waals surface area contributed by atoms with Crippen LogP contribution in [0.1, 0.15) is 43.9 Å². The zero-order valence-corrected chi connectivity index (χ0v) is 20.3. The smallest absolute Gasteiger partial charge is 0.305 e. The minimum absolute atomic E-state index is 0.00603. The highest BCUT2D eigenvalue weighted by molar-refractivity contribution is 7.92. The molecule has 0 bridgehead atoms. The van der Waals surface area contributed by atoms with Crippen LogP contribution in [0.3, 0.4) is 0 Å². The summed E-state index contributed by atoms with van der Waals surface area (Å²) in [5.74, 6) is -1.45. The second kappa shape index (κ2) is 10.6. The maximum absolute atomic E-state index is 13.6. The number of nitrogens with zero attached hydrogens (tertiary/aromatic N) is 3. The molecule has 0 spiro atoms. The van der Waals surface area contributed by atoms with Crippen molar-refractivity contribution in [2.75, 3.05) is 24.4 Å². The molecule has 1 aliphatic rings. The molecule has 1 saturated heterocycles. The summed E-state index contributed by atoms with van der Waals surface area (Å²) in [6, 6.07) is 5.74. The fraction of sp³-hybridized carbons (Fsp3) is 0.435. The van der Waals surface area contributed by atoms with Gasteiger partial charge in [0.25, 0.3) is 0 Å². The molecule has 0 amide bonds.